The minimum absolute atomic E-state index is 0.117. The normalized spacial score (nSPS) is 12.6. The number of hydrogen-bond acceptors (Lipinski definition) is 4. The van der Waals surface area contributed by atoms with Crippen molar-refractivity contribution >= 4 is 15.9 Å². The van der Waals surface area contributed by atoms with Gasteiger partial charge in [0, 0.05) is 4.47 Å². The molecule has 0 fully saturated rings. The van der Waals surface area contributed by atoms with Crippen molar-refractivity contribution in [3.63, 3.8) is 0 Å². The monoisotopic (exact) mass is 309 g/mol. The molecule has 1 aromatic heterocycles. The van der Waals surface area contributed by atoms with Gasteiger partial charge in [-0.1, -0.05) is 35.0 Å². The maximum atomic E-state index is 4.08. The molecule has 1 aromatic carbocycles. The Balaban J connectivity index is 2.23. The number of tetrazole rings is 1. The van der Waals surface area contributed by atoms with Crippen molar-refractivity contribution < 1.29 is 0 Å². The molecule has 1 heterocycles. The highest BCUT2D eigenvalue weighted by Crippen LogP contribution is 2.21. The van der Waals surface area contributed by atoms with E-state index in [1.54, 1.807) is 0 Å². The molecule has 1 N–H and O–H groups in total. The van der Waals surface area contributed by atoms with Crippen LogP contribution in [0.4, 0.5) is 0 Å². The van der Waals surface area contributed by atoms with Crippen LogP contribution in [0, 0.1) is 0 Å². The zero-order valence-corrected chi connectivity index (χ0v) is 12.1. The third-order valence-electron chi connectivity index (χ3n) is 2.79. The minimum Gasteiger partial charge on any atom is -0.310 e. The van der Waals surface area contributed by atoms with Gasteiger partial charge in [0.15, 0.2) is 5.82 Å². The molecule has 18 heavy (non-hydrogen) atoms. The molecule has 2 aromatic rings. The van der Waals surface area contributed by atoms with Crippen molar-refractivity contribution in [2.24, 2.45) is 0 Å². The second-order valence-corrected chi connectivity index (χ2v) is 4.97. The summed E-state index contributed by atoms with van der Waals surface area (Å²) in [5, 5.41) is 15.1. The topological polar surface area (TPSA) is 55.6 Å². The maximum absolute atomic E-state index is 4.08. The van der Waals surface area contributed by atoms with Gasteiger partial charge < -0.3 is 5.32 Å². The molecule has 0 saturated carbocycles. The number of nitrogens with one attached hydrogen (secondary N) is 1. The van der Waals surface area contributed by atoms with Gasteiger partial charge in [-0.05, 0) is 41.6 Å². The molecule has 1 unspecified atom stereocenters. The third-order valence-corrected chi connectivity index (χ3v) is 3.29. The largest absolute Gasteiger partial charge is 0.310 e. The van der Waals surface area contributed by atoms with Gasteiger partial charge in [0.05, 0.1) is 12.6 Å². The summed E-state index contributed by atoms with van der Waals surface area (Å²) in [6.45, 7) is 5.74. The number of rotatable bonds is 5. The molecule has 1 atom stereocenters. The molecule has 0 spiro atoms. The van der Waals surface area contributed by atoms with E-state index < -0.39 is 0 Å². The second kappa shape index (κ2) is 6.06. The fraction of sp³-hybridized carbons (Fsp3) is 0.417. The molecule has 0 radical (unpaired) electrons. The van der Waals surface area contributed by atoms with Crippen LogP contribution in [0.5, 0.6) is 0 Å². The number of aromatic nitrogens is 4. The Morgan fingerprint density at radius 1 is 1.44 bits per heavy atom. The summed E-state index contributed by atoms with van der Waals surface area (Å²) in [7, 11) is 0. The summed E-state index contributed by atoms with van der Waals surface area (Å²) in [5.74, 6) is 0.851. The van der Waals surface area contributed by atoms with E-state index in [0.717, 1.165) is 16.8 Å². The van der Waals surface area contributed by atoms with E-state index in [0.29, 0.717) is 6.54 Å². The lowest BCUT2D eigenvalue weighted by molar-refractivity contribution is 0.508. The van der Waals surface area contributed by atoms with Crippen molar-refractivity contribution in [1.29, 1.82) is 0 Å². The van der Waals surface area contributed by atoms with Crippen molar-refractivity contribution in [3.05, 3.63) is 40.1 Å². The standard InChI is InChI=1S/C12H16BrN5/c1-3-14-8-12-15-16-17-18(12)9(2)10-5-4-6-11(13)7-10/h4-7,9,14H,3,8H2,1-2H3. The average Bonchev–Trinajstić information content (AvgIpc) is 2.83. The molecule has 0 aliphatic carbocycles. The van der Waals surface area contributed by atoms with Crippen LogP contribution >= 0.6 is 15.9 Å². The first-order valence-electron chi connectivity index (χ1n) is 5.95. The SMILES string of the molecule is CCNCc1nnnn1C(C)c1cccc(Br)c1. The molecular formula is C12H16BrN5. The van der Waals surface area contributed by atoms with Gasteiger partial charge in [0.25, 0.3) is 0 Å². The zero-order chi connectivity index (χ0) is 13.0. The number of hydrogen-bond donors (Lipinski definition) is 1. The second-order valence-electron chi connectivity index (χ2n) is 4.05. The maximum Gasteiger partial charge on any atom is 0.165 e. The fourth-order valence-electron chi connectivity index (χ4n) is 1.77. The Kier molecular flexibility index (Phi) is 4.43. The predicted molar refractivity (Wildman–Crippen MR) is 73.2 cm³/mol. The van der Waals surface area contributed by atoms with Crippen LogP contribution in [0.25, 0.3) is 0 Å². The minimum atomic E-state index is 0.117. The van der Waals surface area contributed by atoms with Crippen molar-refractivity contribution in [3.8, 4) is 0 Å². The predicted octanol–water partition coefficient (Wildman–Crippen LogP) is 2.15. The van der Waals surface area contributed by atoms with Gasteiger partial charge in [0.1, 0.15) is 0 Å². The summed E-state index contributed by atoms with van der Waals surface area (Å²) >= 11 is 3.48. The van der Waals surface area contributed by atoms with Crippen LogP contribution in [0.15, 0.2) is 28.7 Å². The van der Waals surface area contributed by atoms with Gasteiger partial charge in [-0.3, -0.25) is 0 Å². The molecule has 6 heteroatoms. The summed E-state index contributed by atoms with van der Waals surface area (Å²) in [6, 6.07) is 8.31. The van der Waals surface area contributed by atoms with E-state index in [1.807, 2.05) is 16.8 Å². The smallest absolute Gasteiger partial charge is 0.165 e. The Morgan fingerprint density at radius 2 is 2.28 bits per heavy atom. The fourth-order valence-corrected chi connectivity index (χ4v) is 2.19. The first-order chi connectivity index (χ1) is 8.72. The highest BCUT2D eigenvalue weighted by Gasteiger charge is 2.14. The quantitative estimate of drug-likeness (QED) is 0.919. The lowest BCUT2D eigenvalue weighted by Crippen LogP contribution is -2.19. The molecule has 0 amide bonds. The third kappa shape index (κ3) is 2.94. The Morgan fingerprint density at radius 3 is 3.00 bits per heavy atom. The Hall–Kier alpha value is -1.27. The number of nitrogens with zero attached hydrogens (tertiary/aromatic N) is 4. The molecule has 2 rings (SSSR count). The van der Waals surface area contributed by atoms with Crippen LogP contribution in [-0.4, -0.2) is 26.8 Å². The average molecular weight is 310 g/mol. The molecule has 96 valence electrons. The van der Waals surface area contributed by atoms with Crippen LogP contribution in [0.1, 0.15) is 31.3 Å². The molecule has 0 bridgehead atoms. The van der Waals surface area contributed by atoms with E-state index in [2.05, 4.69) is 62.8 Å². The first-order valence-corrected chi connectivity index (χ1v) is 6.74. The van der Waals surface area contributed by atoms with Gasteiger partial charge >= 0.3 is 0 Å². The number of benzene rings is 1. The van der Waals surface area contributed by atoms with E-state index in [4.69, 9.17) is 0 Å². The molecule has 0 saturated heterocycles. The van der Waals surface area contributed by atoms with Crippen molar-refractivity contribution in [2.75, 3.05) is 6.54 Å². The van der Waals surface area contributed by atoms with Crippen LogP contribution in [0.3, 0.4) is 0 Å². The highest BCUT2D eigenvalue weighted by molar-refractivity contribution is 9.10. The molecule has 0 aliphatic heterocycles. The Labute approximate surface area is 115 Å². The molecule has 5 nitrogen and oxygen atoms in total. The van der Waals surface area contributed by atoms with Crippen molar-refractivity contribution in [2.45, 2.75) is 26.4 Å². The first kappa shape index (κ1) is 13.2. The lowest BCUT2D eigenvalue weighted by atomic mass is 10.1. The Bertz CT molecular complexity index is 511. The summed E-state index contributed by atoms with van der Waals surface area (Å²) in [5.41, 5.74) is 1.18. The summed E-state index contributed by atoms with van der Waals surface area (Å²) in [4.78, 5) is 0. The van der Waals surface area contributed by atoms with Crippen LogP contribution in [-0.2, 0) is 6.54 Å². The summed E-state index contributed by atoms with van der Waals surface area (Å²) in [6.07, 6.45) is 0. The van der Waals surface area contributed by atoms with Crippen LogP contribution < -0.4 is 5.32 Å². The molecular weight excluding hydrogens is 294 g/mol. The zero-order valence-electron chi connectivity index (χ0n) is 10.5. The summed E-state index contributed by atoms with van der Waals surface area (Å²) < 4.78 is 2.91. The van der Waals surface area contributed by atoms with Crippen LogP contribution in [0.2, 0.25) is 0 Å². The molecule has 0 aliphatic rings. The van der Waals surface area contributed by atoms with Gasteiger partial charge in [0.2, 0.25) is 0 Å². The number of halogens is 1. The van der Waals surface area contributed by atoms with E-state index in [1.165, 1.54) is 5.56 Å². The van der Waals surface area contributed by atoms with Crippen molar-refractivity contribution in [1.82, 2.24) is 25.5 Å². The lowest BCUT2D eigenvalue weighted by Gasteiger charge is -2.14. The highest BCUT2D eigenvalue weighted by atomic mass is 79.9. The van der Waals surface area contributed by atoms with E-state index >= 15 is 0 Å². The van der Waals surface area contributed by atoms with Gasteiger partial charge in [-0.15, -0.1) is 5.10 Å². The van der Waals surface area contributed by atoms with Gasteiger partial charge in [-0.25, -0.2) is 4.68 Å². The van der Waals surface area contributed by atoms with E-state index in [9.17, 15) is 0 Å². The van der Waals surface area contributed by atoms with E-state index in [-0.39, 0.29) is 6.04 Å². The van der Waals surface area contributed by atoms with Gasteiger partial charge in [-0.2, -0.15) is 0 Å².